The highest BCUT2D eigenvalue weighted by atomic mass is 32.1. The summed E-state index contributed by atoms with van der Waals surface area (Å²) in [5, 5.41) is 0.835. The highest BCUT2D eigenvalue weighted by molar-refractivity contribution is 7.18. The zero-order chi connectivity index (χ0) is 17.9. The number of carbonyl (C=O) groups is 1. The summed E-state index contributed by atoms with van der Waals surface area (Å²) in [6.07, 6.45) is 10.5. The van der Waals surface area contributed by atoms with Gasteiger partial charge in [-0.15, -0.1) is 0 Å². The summed E-state index contributed by atoms with van der Waals surface area (Å²) in [7, 11) is 0. The second kappa shape index (κ2) is 7.60. The van der Waals surface area contributed by atoms with Crippen molar-refractivity contribution in [1.82, 2.24) is 4.98 Å². The van der Waals surface area contributed by atoms with E-state index in [0.29, 0.717) is 29.5 Å². The first-order chi connectivity index (χ1) is 12.8. The molecular formula is C20H22N2O3S. The number of allylic oxidation sites excluding steroid dienone is 2. The molecule has 0 amide bonds. The van der Waals surface area contributed by atoms with Gasteiger partial charge in [-0.05, 0) is 37.0 Å². The molecule has 0 aromatic carbocycles. The van der Waals surface area contributed by atoms with Crippen LogP contribution in [0.25, 0.3) is 11.5 Å². The van der Waals surface area contributed by atoms with Crippen molar-refractivity contribution in [3.63, 3.8) is 0 Å². The standard InChI is InChI=1S/C20H22N2O3S/c1-2-14-5-3-9-22(13-14)20-21-17(16-6-4-10-25-16)19(26-20)18(23)15-7-11-24-12-8-15/h3-6,10,13,15H,2,7-9,11-12H2,1H3. The van der Waals surface area contributed by atoms with Crippen molar-refractivity contribution in [2.45, 2.75) is 26.2 Å². The van der Waals surface area contributed by atoms with Crippen LogP contribution in [0, 0.1) is 5.92 Å². The molecule has 0 spiro atoms. The molecule has 2 aromatic rings. The third-order valence-electron chi connectivity index (χ3n) is 4.80. The lowest BCUT2D eigenvalue weighted by molar-refractivity contribution is 0.0547. The second-order valence-electron chi connectivity index (χ2n) is 6.51. The Labute approximate surface area is 157 Å². The molecule has 0 atom stereocenters. The van der Waals surface area contributed by atoms with Gasteiger partial charge in [0.1, 0.15) is 10.6 Å². The van der Waals surface area contributed by atoms with Crippen LogP contribution >= 0.6 is 11.3 Å². The maximum Gasteiger partial charge on any atom is 0.191 e. The van der Waals surface area contributed by atoms with Gasteiger partial charge < -0.3 is 14.1 Å². The van der Waals surface area contributed by atoms with E-state index in [9.17, 15) is 4.79 Å². The number of thiazole rings is 1. The largest absolute Gasteiger partial charge is 0.463 e. The van der Waals surface area contributed by atoms with Gasteiger partial charge in [-0.1, -0.05) is 30.4 Å². The summed E-state index contributed by atoms with van der Waals surface area (Å²) in [5.74, 6) is 0.819. The van der Waals surface area contributed by atoms with Crippen LogP contribution in [-0.2, 0) is 4.74 Å². The van der Waals surface area contributed by atoms with Gasteiger partial charge in [0.25, 0.3) is 0 Å². The van der Waals surface area contributed by atoms with Gasteiger partial charge in [-0.2, -0.15) is 0 Å². The van der Waals surface area contributed by atoms with Crippen molar-refractivity contribution in [1.29, 1.82) is 0 Å². The normalized spacial score (nSPS) is 18.2. The van der Waals surface area contributed by atoms with Crippen LogP contribution < -0.4 is 4.90 Å². The lowest BCUT2D eigenvalue weighted by Gasteiger charge is -2.20. The van der Waals surface area contributed by atoms with Crippen molar-refractivity contribution in [2.24, 2.45) is 5.92 Å². The van der Waals surface area contributed by atoms with Gasteiger partial charge in [0, 0.05) is 31.9 Å². The molecule has 0 radical (unpaired) electrons. The Morgan fingerprint density at radius 2 is 2.23 bits per heavy atom. The number of hydrogen-bond acceptors (Lipinski definition) is 6. The predicted octanol–water partition coefficient (Wildman–Crippen LogP) is 4.68. The van der Waals surface area contributed by atoms with E-state index in [1.54, 1.807) is 6.26 Å². The summed E-state index contributed by atoms with van der Waals surface area (Å²) in [5.41, 5.74) is 1.91. The number of nitrogens with zero attached hydrogens (tertiary/aromatic N) is 2. The highest BCUT2D eigenvalue weighted by Gasteiger charge is 2.29. The maximum atomic E-state index is 13.2. The van der Waals surface area contributed by atoms with Crippen LogP contribution in [0.15, 0.2) is 46.7 Å². The molecule has 0 saturated carbocycles. The number of rotatable bonds is 5. The monoisotopic (exact) mass is 370 g/mol. The molecule has 0 bridgehead atoms. The lowest BCUT2D eigenvalue weighted by Crippen LogP contribution is -2.23. The Morgan fingerprint density at radius 3 is 2.96 bits per heavy atom. The van der Waals surface area contributed by atoms with E-state index in [1.165, 1.54) is 16.9 Å². The minimum Gasteiger partial charge on any atom is -0.463 e. The molecule has 0 aliphatic carbocycles. The van der Waals surface area contributed by atoms with Crippen LogP contribution in [0.3, 0.4) is 0 Å². The number of aromatic nitrogens is 1. The smallest absolute Gasteiger partial charge is 0.191 e. The molecule has 2 aliphatic rings. The molecule has 6 heteroatoms. The quantitative estimate of drug-likeness (QED) is 0.715. The van der Waals surface area contributed by atoms with Crippen molar-refractivity contribution in [2.75, 3.05) is 24.7 Å². The zero-order valence-corrected chi connectivity index (χ0v) is 15.6. The lowest BCUT2D eigenvalue weighted by atomic mass is 9.94. The number of furan rings is 1. The summed E-state index contributed by atoms with van der Waals surface area (Å²) >= 11 is 1.46. The van der Waals surface area contributed by atoms with Gasteiger partial charge in [0.15, 0.2) is 16.7 Å². The van der Waals surface area contributed by atoms with Crippen LogP contribution in [0.1, 0.15) is 35.9 Å². The third kappa shape index (κ3) is 3.39. The number of hydrogen-bond donors (Lipinski definition) is 0. The summed E-state index contributed by atoms with van der Waals surface area (Å²) in [4.78, 5) is 20.7. The van der Waals surface area contributed by atoms with Gasteiger partial charge in [0.2, 0.25) is 0 Å². The van der Waals surface area contributed by atoms with Gasteiger partial charge in [0.05, 0.1) is 6.26 Å². The number of ketones is 1. The van der Waals surface area contributed by atoms with Crippen molar-refractivity contribution < 1.29 is 13.9 Å². The van der Waals surface area contributed by atoms with Crippen molar-refractivity contribution in [3.05, 3.63) is 47.2 Å². The summed E-state index contributed by atoms with van der Waals surface area (Å²) in [6.45, 7) is 4.20. The van der Waals surface area contributed by atoms with E-state index in [4.69, 9.17) is 14.1 Å². The molecule has 1 saturated heterocycles. The number of anilines is 1. The second-order valence-corrected chi connectivity index (χ2v) is 7.49. The van der Waals surface area contributed by atoms with Crippen molar-refractivity contribution in [3.8, 4) is 11.5 Å². The Bertz CT molecular complexity index is 829. The van der Waals surface area contributed by atoms with Gasteiger partial charge >= 0.3 is 0 Å². The maximum absolute atomic E-state index is 13.2. The fraction of sp³-hybridized carbons (Fsp3) is 0.400. The van der Waals surface area contributed by atoms with Crippen molar-refractivity contribution >= 4 is 22.3 Å². The molecule has 5 nitrogen and oxygen atoms in total. The first kappa shape index (κ1) is 17.2. The molecular weight excluding hydrogens is 348 g/mol. The van der Waals surface area contributed by atoms with E-state index < -0.39 is 0 Å². The van der Waals surface area contributed by atoms with E-state index in [-0.39, 0.29) is 11.7 Å². The van der Waals surface area contributed by atoms with E-state index in [2.05, 4.69) is 30.2 Å². The minimum atomic E-state index is 0.00811. The molecule has 0 unspecified atom stereocenters. The molecule has 4 heterocycles. The topological polar surface area (TPSA) is 55.6 Å². The molecule has 1 fully saturated rings. The van der Waals surface area contributed by atoms with Gasteiger partial charge in [-0.3, -0.25) is 4.79 Å². The number of ether oxygens (including phenoxy) is 1. The Morgan fingerprint density at radius 1 is 1.38 bits per heavy atom. The molecule has 136 valence electrons. The first-order valence-corrected chi connectivity index (χ1v) is 9.88. The van der Waals surface area contributed by atoms with Crippen LogP contribution in [0.4, 0.5) is 5.13 Å². The van der Waals surface area contributed by atoms with Crippen LogP contribution in [0.2, 0.25) is 0 Å². The molecule has 2 aliphatic heterocycles. The Balaban J connectivity index is 1.70. The fourth-order valence-corrected chi connectivity index (χ4v) is 4.35. The van der Waals surface area contributed by atoms with E-state index >= 15 is 0 Å². The molecule has 4 rings (SSSR count). The van der Waals surface area contributed by atoms with Crippen LogP contribution in [-0.4, -0.2) is 30.5 Å². The minimum absolute atomic E-state index is 0.00811. The number of Topliss-reactive ketones (excluding diaryl/α,β-unsaturated/α-hetero) is 1. The first-order valence-electron chi connectivity index (χ1n) is 9.06. The predicted molar refractivity (Wildman–Crippen MR) is 103 cm³/mol. The SMILES string of the molecule is CCC1=CN(c2nc(-c3ccco3)c(C(=O)C3CCOCC3)s2)CC=C1. The summed E-state index contributed by atoms with van der Waals surface area (Å²) < 4.78 is 11.0. The number of carbonyl (C=O) groups excluding carboxylic acids is 1. The third-order valence-corrected chi connectivity index (χ3v) is 5.90. The average molecular weight is 370 g/mol. The van der Waals surface area contributed by atoms with Crippen LogP contribution in [0.5, 0.6) is 0 Å². The van der Waals surface area contributed by atoms with E-state index in [0.717, 1.165) is 30.9 Å². The summed E-state index contributed by atoms with van der Waals surface area (Å²) in [6, 6.07) is 3.69. The highest BCUT2D eigenvalue weighted by Crippen LogP contribution is 2.37. The molecule has 26 heavy (non-hydrogen) atoms. The molecule has 0 N–H and O–H groups in total. The van der Waals surface area contributed by atoms with E-state index in [1.807, 2.05) is 12.1 Å². The molecule has 2 aromatic heterocycles. The Kier molecular flexibility index (Phi) is 5.04. The average Bonchev–Trinajstić information content (AvgIpc) is 3.38. The Hall–Kier alpha value is -2.18. The fourth-order valence-electron chi connectivity index (χ4n) is 3.28. The van der Waals surface area contributed by atoms with Gasteiger partial charge in [-0.25, -0.2) is 4.98 Å². The zero-order valence-electron chi connectivity index (χ0n) is 14.8.